The molecule has 0 amide bonds. The van der Waals surface area contributed by atoms with E-state index in [2.05, 4.69) is 26.2 Å². The molecule has 0 aliphatic carbocycles. The zero-order valence-electron chi connectivity index (χ0n) is 8.55. The molecule has 0 aliphatic heterocycles. The van der Waals surface area contributed by atoms with Gasteiger partial charge in [0, 0.05) is 16.7 Å². The topological polar surface area (TPSA) is 50.9 Å². The molecule has 0 saturated carbocycles. The molecule has 1 aromatic carbocycles. The molecule has 0 fully saturated rings. The number of nitrogens with two attached hydrogens (primary N) is 1. The van der Waals surface area contributed by atoms with Crippen LogP contribution in [0.25, 0.3) is 0 Å². The molecule has 6 heteroatoms. The summed E-state index contributed by atoms with van der Waals surface area (Å²) >= 11 is 8.99. The Balaban J connectivity index is 2.33. The number of pyridine rings is 1. The third-order valence-corrected chi connectivity index (χ3v) is 2.80. The van der Waals surface area contributed by atoms with Crippen LogP contribution in [0.3, 0.4) is 0 Å². The van der Waals surface area contributed by atoms with Crippen molar-refractivity contribution in [3.8, 4) is 0 Å². The number of rotatable bonds is 2. The highest BCUT2D eigenvalue weighted by molar-refractivity contribution is 9.10. The van der Waals surface area contributed by atoms with Crippen LogP contribution in [0.5, 0.6) is 0 Å². The van der Waals surface area contributed by atoms with Crippen LogP contribution in [0.4, 0.5) is 21.5 Å². The Hall–Kier alpha value is -1.33. The van der Waals surface area contributed by atoms with Gasteiger partial charge in [-0.25, -0.2) is 4.39 Å². The summed E-state index contributed by atoms with van der Waals surface area (Å²) in [5, 5.41) is 3.03. The normalized spacial score (nSPS) is 10.3. The molecule has 0 unspecified atom stereocenters. The molecule has 0 bridgehead atoms. The Kier molecular flexibility index (Phi) is 3.49. The fourth-order valence-electron chi connectivity index (χ4n) is 1.31. The lowest BCUT2D eigenvalue weighted by Crippen LogP contribution is -1.98. The number of nitrogen functional groups attached to an aromatic ring is 1. The molecule has 3 N–H and O–H groups in total. The second-order valence-corrected chi connectivity index (χ2v) is 4.69. The van der Waals surface area contributed by atoms with E-state index in [4.69, 9.17) is 17.3 Å². The quantitative estimate of drug-likeness (QED) is 0.825. The van der Waals surface area contributed by atoms with E-state index in [1.165, 1.54) is 12.1 Å². The van der Waals surface area contributed by atoms with Crippen LogP contribution in [0.2, 0.25) is 5.02 Å². The van der Waals surface area contributed by atoms with Crippen LogP contribution < -0.4 is 11.1 Å². The number of benzene rings is 1. The van der Waals surface area contributed by atoms with Crippen molar-refractivity contribution in [2.24, 2.45) is 0 Å². The van der Waals surface area contributed by atoms with Crippen LogP contribution in [-0.4, -0.2) is 4.98 Å². The molecule has 0 spiro atoms. The molecule has 0 atom stereocenters. The Morgan fingerprint density at radius 3 is 2.76 bits per heavy atom. The third kappa shape index (κ3) is 2.87. The van der Waals surface area contributed by atoms with Crippen LogP contribution in [0, 0.1) is 5.82 Å². The zero-order valence-corrected chi connectivity index (χ0v) is 10.9. The number of halogens is 3. The van der Waals surface area contributed by atoms with Gasteiger partial charge in [0.2, 0.25) is 0 Å². The minimum absolute atomic E-state index is 0.0182. The minimum Gasteiger partial charge on any atom is -0.397 e. The highest BCUT2D eigenvalue weighted by Gasteiger charge is 2.06. The number of anilines is 3. The number of hydrogen-bond acceptors (Lipinski definition) is 3. The summed E-state index contributed by atoms with van der Waals surface area (Å²) in [4.78, 5) is 3.99. The van der Waals surface area contributed by atoms with E-state index in [1.807, 2.05) is 6.07 Å². The molecule has 0 saturated heterocycles. The van der Waals surface area contributed by atoms with Gasteiger partial charge in [-0.05, 0) is 28.1 Å². The van der Waals surface area contributed by atoms with Crippen molar-refractivity contribution in [2.45, 2.75) is 0 Å². The predicted molar refractivity (Wildman–Crippen MR) is 71.0 cm³/mol. The van der Waals surface area contributed by atoms with Gasteiger partial charge < -0.3 is 11.1 Å². The SMILES string of the molecule is Nc1cc(F)c(Cl)cc1Nc1cncc(Br)c1. The molecule has 1 heterocycles. The van der Waals surface area contributed by atoms with Crippen molar-refractivity contribution in [2.75, 3.05) is 11.1 Å². The fraction of sp³-hybridized carbons (Fsp3) is 0. The standard InChI is InChI=1S/C11H8BrClFN3/c12-6-1-7(5-16-4-6)17-11-2-8(13)9(14)3-10(11)15/h1-5,17H,15H2. The van der Waals surface area contributed by atoms with E-state index in [9.17, 15) is 4.39 Å². The third-order valence-electron chi connectivity index (χ3n) is 2.08. The molecule has 3 nitrogen and oxygen atoms in total. The monoisotopic (exact) mass is 315 g/mol. The maximum atomic E-state index is 13.1. The summed E-state index contributed by atoms with van der Waals surface area (Å²) in [5.74, 6) is -0.540. The molecular formula is C11H8BrClFN3. The van der Waals surface area contributed by atoms with E-state index in [1.54, 1.807) is 12.4 Å². The van der Waals surface area contributed by atoms with Crippen LogP contribution >= 0.6 is 27.5 Å². The van der Waals surface area contributed by atoms with Gasteiger partial charge >= 0.3 is 0 Å². The van der Waals surface area contributed by atoms with Crippen molar-refractivity contribution in [1.82, 2.24) is 4.98 Å². The molecule has 88 valence electrons. The average molecular weight is 317 g/mol. The van der Waals surface area contributed by atoms with Crippen LogP contribution in [-0.2, 0) is 0 Å². The lowest BCUT2D eigenvalue weighted by atomic mass is 10.2. The summed E-state index contributed by atoms with van der Waals surface area (Å²) in [6, 6.07) is 4.44. The number of aromatic nitrogens is 1. The summed E-state index contributed by atoms with van der Waals surface area (Å²) in [5.41, 5.74) is 7.24. The average Bonchev–Trinajstić information content (AvgIpc) is 2.26. The van der Waals surface area contributed by atoms with Crippen molar-refractivity contribution in [3.05, 3.63) is 45.9 Å². The second-order valence-electron chi connectivity index (χ2n) is 3.37. The van der Waals surface area contributed by atoms with E-state index in [0.29, 0.717) is 5.69 Å². The second kappa shape index (κ2) is 4.89. The number of nitrogens with zero attached hydrogens (tertiary/aromatic N) is 1. The van der Waals surface area contributed by atoms with Crippen molar-refractivity contribution in [3.63, 3.8) is 0 Å². The van der Waals surface area contributed by atoms with Gasteiger partial charge in [-0.3, -0.25) is 4.98 Å². The molecular weight excluding hydrogens is 308 g/mol. The van der Waals surface area contributed by atoms with E-state index in [-0.39, 0.29) is 10.7 Å². The summed E-state index contributed by atoms with van der Waals surface area (Å²) in [7, 11) is 0. The van der Waals surface area contributed by atoms with Gasteiger partial charge in [-0.15, -0.1) is 0 Å². The Morgan fingerprint density at radius 1 is 1.29 bits per heavy atom. The number of nitrogens with one attached hydrogen (secondary N) is 1. The van der Waals surface area contributed by atoms with Crippen LogP contribution in [0.15, 0.2) is 35.1 Å². The van der Waals surface area contributed by atoms with Gasteiger partial charge in [0.1, 0.15) is 5.82 Å². The zero-order chi connectivity index (χ0) is 12.4. The maximum Gasteiger partial charge on any atom is 0.143 e. The van der Waals surface area contributed by atoms with Gasteiger partial charge in [0.15, 0.2) is 0 Å². The first-order valence-electron chi connectivity index (χ1n) is 4.68. The molecule has 17 heavy (non-hydrogen) atoms. The Bertz CT molecular complexity index is 562. The summed E-state index contributed by atoms with van der Waals surface area (Å²) < 4.78 is 13.9. The molecule has 2 aromatic rings. The Labute approximate surface area is 111 Å². The predicted octanol–water partition coefficient (Wildman–Crippen LogP) is 3.96. The lowest BCUT2D eigenvalue weighted by molar-refractivity contribution is 0.629. The first-order chi connectivity index (χ1) is 8.06. The van der Waals surface area contributed by atoms with Crippen LogP contribution in [0.1, 0.15) is 0 Å². The summed E-state index contributed by atoms with van der Waals surface area (Å²) in [6.07, 6.45) is 3.29. The molecule has 2 rings (SSSR count). The number of hydrogen-bond donors (Lipinski definition) is 2. The van der Waals surface area contributed by atoms with Gasteiger partial charge in [-0.1, -0.05) is 11.6 Å². The van der Waals surface area contributed by atoms with Crippen molar-refractivity contribution >= 4 is 44.6 Å². The smallest absolute Gasteiger partial charge is 0.143 e. The molecule has 0 radical (unpaired) electrons. The van der Waals surface area contributed by atoms with Gasteiger partial charge in [0.05, 0.1) is 28.3 Å². The maximum absolute atomic E-state index is 13.1. The highest BCUT2D eigenvalue weighted by Crippen LogP contribution is 2.29. The summed E-state index contributed by atoms with van der Waals surface area (Å²) in [6.45, 7) is 0. The molecule has 1 aromatic heterocycles. The first kappa shape index (κ1) is 12.1. The van der Waals surface area contributed by atoms with Crippen molar-refractivity contribution < 1.29 is 4.39 Å². The largest absolute Gasteiger partial charge is 0.397 e. The van der Waals surface area contributed by atoms with E-state index < -0.39 is 5.82 Å². The van der Waals surface area contributed by atoms with Gasteiger partial charge in [0.25, 0.3) is 0 Å². The van der Waals surface area contributed by atoms with Crippen molar-refractivity contribution in [1.29, 1.82) is 0 Å². The van der Waals surface area contributed by atoms with Gasteiger partial charge in [-0.2, -0.15) is 0 Å². The lowest BCUT2D eigenvalue weighted by Gasteiger charge is -2.10. The van der Waals surface area contributed by atoms with E-state index >= 15 is 0 Å². The highest BCUT2D eigenvalue weighted by atomic mass is 79.9. The molecule has 0 aliphatic rings. The fourth-order valence-corrected chi connectivity index (χ4v) is 1.83. The first-order valence-corrected chi connectivity index (χ1v) is 5.85. The minimum atomic E-state index is -0.540. The van der Waals surface area contributed by atoms with E-state index in [0.717, 1.165) is 10.2 Å². The Morgan fingerprint density at radius 2 is 2.06 bits per heavy atom.